The van der Waals surface area contributed by atoms with Gasteiger partial charge in [-0.3, -0.25) is 14.3 Å². The van der Waals surface area contributed by atoms with Crippen molar-refractivity contribution in [2.45, 2.75) is 25.7 Å². The van der Waals surface area contributed by atoms with E-state index in [0.717, 1.165) is 0 Å². The molecule has 0 unspecified atom stereocenters. The second kappa shape index (κ2) is 4.93. The molecule has 0 spiro atoms. The number of rotatable bonds is 3. The quantitative estimate of drug-likeness (QED) is 0.569. The van der Waals surface area contributed by atoms with Crippen molar-refractivity contribution in [3.05, 3.63) is 16.7 Å². The van der Waals surface area contributed by atoms with Crippen molar-refractivity contribution >= 4 is 22.8 Å². The number of anilines is 1. The zero-order valence-electron chi connectivity index (χ0n) is 11.4. The minimum Gasteiger partial charge on any atom is -0.394 e. The maximum absolute atomic E-state index is 11.8. The van der Waals surface area contributed by atoms with Gasteiger partial charge in [0.2, 0.25) is 5.95 Å². The molecule has 2 aromatic heterocycles. The third-order valence-corrected chi connectivity index (χ3v) is 3.73. The Kier molecular flexibility index (Phi) is 3.22. The summed E-state index contributed by atoms with van der Waals surface area (Å²) in [5.41, 5.74) is 6.12. The van der Waals surface area contributed by atoms with Crippen molar-refractivity contribution in [2.24, 2.45) is 5.92 Å². The maximum Gasteiger partial charge on any atom is 0.280 e. The van der Waals surface area contributed by atoms with E-state index < -0.39 is 17.9 Å². The summed E-state index contributed by atoms with van der Waals surface area (Å²) < 4.78 is 7.37. The van der Waals surface area contributed by atoms with Crippen LogP contribution in [0.25, 0.3) is 11.2 Å². The Morgan fingerprint density at radius 1 is 1.71 bits per heavy atom. The molecule has 0 radical (unpaired) electrons. The van der Waals surface area contributed by atoms with Crippen LogP contribution in [0.15, 0.2) is 11.1 Å². The van der Waals surface area contributed by atoms with Crippen LogP contribution < -0.4 is 11.3 Å². The number of aliphatic hydroxyl groups excluding tert-OH is 1. The first kappa shape index (κ1) is 13.7. The predicted octanol–water partition coefficient (Wildman–Crippen LogP) is -0.363. The Morgan fingerprint density at radius 3 is 3.10 bits per heavy atom. The molecule has 21 heavy (non-hydrogen) atoms. The summed E-state index contributed by atoms with van der Waals surface area (Å²) in [6.45, 7) is 1.52. The number of imidazole rings is 1. The van der Waals surface area contributed by atoms with Crippen LogP contribution >= 0.6 is 0 Å². The van der Waals surface area contributed by atoms with Gasteiger partial charge in [0.25, 0.3) is 5.56 Å². The molecular weight excluding hydrogens is 276 g/mol. The minimum absolute atomic E-state index is 0.00531. The molecule has 0 aromatic carbocycles. The number of H-pyrrole nitrogens is 1. The summed E-state index contributed by atoms with van der Waals surface area (Å²) in [5.74, 6) is -0.164. The molecule has 3 rings (SSSR count). The van der Waals surface area contributed by atoms with Gasteiger partial charge in [0.15, 0.2) is 11.2 Å². The molecule has 0 amide bonds. The fourth-order valence-electron chi connectivity index (χ4n) is 2.68. The van der Waals surface area contributed by atoms with E-state index in [1.807, 2.05) is 0 Å². The van der Waals surface area contributed by atoms with Crippen LogP contribution in [0.4, 0.5) is 5.95 Å². The molecule has 1 saturated heterocycles. The fourth-order valence-corrected chi connectivity index (χ4v) is 2.68. The zero-order chi connectivity index (χ0) is 15.1. The molecule has 1 aliphatic rings. The van der Waals surface area contributed by atoms with Crippen molar-refractivity contribution in [3.63, 3.8) is 0 Å². The summed E-state index contributed by atoms with van der Waals surface area (Å²) in [6.07, 6.45) is 1.10. The van der Waals surface area contributed by atoms with Gasteiger partial charge in [-0.1, -0.05) is 0 Å². The number of fused-ring (bicyclic) bond motifs is 1. The van der Waals surface area contributed by atoms with Gasteiger partial charge in [-0.25, -0.2) is 4.98 Å². The molecule has 9 nitrogen and oxygen atoms in total. The Hall–Kier alpha value is -2.26. The fraction of sp³-hybridized carbons (Fsp3) is 0.500. The van der Waals surface area contributed by atoms with Crippen LogP contribution in [0.5, 0.6) is 0 Å². The monoisotopic (exact) mass is 292 g/mol. The smallest absolute Gasteiger partial charge is 0.280 e. The molecule has 9 heteroatoms. The number of nitrogens with one attached hydrogen (secondary N) is 2. The van der Waals surface area contributed by atoms with Crippen molar-refractivity contribution in [3.8, 4) is 0 Å². The molecule has 2 aromatic rings. The highest BCUT2D eigenvalue weighted by molar-refractivity contribution is 5.82. The lowest BCUT2D eigenvalue weighted by Gasteiger charge is -2.14. The van der Waals surface area contributed by atoms with E-state index >= 15 is 0 Å². The standard InChI is InChI=1S/C12H16N6O3/c1-5(13)6-2-8(21-7(6)3-19)18-4-15-9-10(18)16-12(14)17-11(9)20/h4,6-8,13,19H,2-3H2,1H3,(H3,14,16,17,20)/t6-,7-,8-/m1/s1. The van der Waals surface area contributed by atoms with Gasteiger partial charge in [-0.15, -0.1) is 0 Å². The number of aromatic amines is 1. The minimum atomic E-state index is -0.440. The number of nitrogens with two attached hydrogens (primary N) is 1. The Bertz CT molecular complexity index is 751. The van der Waals surface area contributed by atoms with Crippen LogP contribution in [0, 0.1) is 11.3 Å². The van der Waals surface area contributed by atoms with Gasteiger partial charge in [0.1, 0.15) is 6.23 Å². The first-order chi connectivity index (χ1) is 10.0. The second-order valence-corrected chi connectivity index (χ2v) is 5.11. The van der Waals surface area contributed by atoms with Crippen LogP contribution in [0.3, 0.4) is 0 Å². The first-order valence-corrected chi connectivity index (χ1v) is 6.55. The Balaban J connectivity index is 2.02. The molecule has 3 atom stereocenters. The van der Waals surface area contributed by atoms with E-state index in [9.17, 15) is 9.90 Å². The lowest BCUT2D eigenvalue weighted by Crippen LogP contribution is -2.25. The summed E-state index contributed by atoms with van der Waals surface area (Å²) in [7, 11) is 0. The number of nitrogen functional groups attached to an aromatic ring is 1. The van der Waals surface area contributed by atoms with E-state index in [4.69, 9.17) is 15.9 Å². The van der Waals surface area contributed by atoms with Crippen molar-refractivity contribution in [2.75, 3.05) is 12.3 Å². The van der Waals surface area contributed by atoms with E-state index in [0.29, 0.717) is 17.8 Å². The highest BCUT2D eigenvalue weighted by Crippen LogP contribution is 2.35. The molecule has 112 valence electrons. The number of ether oxygens (including phenoxy) is 1. The molecule has 3 heterocycles. The van der Waals surface area contributed by atoms with Crippen molar-refractivity contribution in [1.29, 1.82) is 5.41 Å². The van der Waals surface area contributed by atoms with Crippen LogP contribution in [-0.4, -0.2) is 43.0 Å². The lowest BCUT2D eigenvalue weighted by atomic mass is 9.96. The van der Waals surface area contributed by atoms with E-state index in [-0.39, 0.29) is 24.0 Å². The van der Waals surface area contributed by atoms with Crippen LogP contribution in [-0.2, 0) is 4.74 Å². The largest absolute Gasteiger partial charge is 0.394 e. The number of nitrogens with zero attached hydrogens (tertiary/aromatic N) is 3. The third kappa shape index (κ3) is 2.20. The second-order valence-electron chi connectivity index (χ2n) is 5.11. The SMILES string of the molecule is CC(=N)[C@H]1C[C@H](n2cnc3c(=O)[nH]c(N)nc32)O[C@@H]1CO. The number of hydrogen-bond acceptors (Lipinski definition) is 7. The van der Waals surface area contributed by atoms with E-state index in [1.165, 1.54) is 6.33 Å². The Morgan fingerprint density at radius 2 is 2.48 bits per heavy atom. The highest BCUT2D eigenvalue weighted by Gasteiger charge is 2.37. The molecule has 5 N–H and O–H groups in total. The summed E-state index contributed by atoms with van der Waals surface area (Å²) in [5, 5.41) is 17.1. The first-order valence-electron chi connectivity index (χ1n) is 6.55. The van der Waals surface area contributed by atoms with Crippen LogP contribution in [0.1, 0.15) is 19.6 Å². The molecule has 1 fully saturated rings. The number of aromatic nitrogens is 4. The molecule has 0 bridgehead atoms. The normalized spacial score (nSPS) is 25.5. The predicted molar refractivity (Wildman–Crippen MR) is 75.1 cm³/mol. The van der Waals surface area contributed by atoms with Gasteiger partial charge in [0.05, 0.1) is 19.0 Å². The van der Waals surface area contributed by atoms with Gasteiger partial charge < -0.3 is 21.0 Å². The van der Waals surface area contributed by atoms with Gasteiger partial charge in [-0.05, 0) is 6.92 Å². The molecule has 1 aliphatic heterocycles. The Labute approximate surface area is 119 Å². The summed E-state index contributed by atoms with van der Waals surface area (Å²) in [4.78, 5) is 22.3. The van der Waals surface area contributed by atoms with Crippen molar-refractivity contribution < 1.29 is 9.84 Å². The van der Waals surface area contributed by atoms with Gasteiger partial charge >= 0.3 is 0 Å². The molecular formula is C12H16N6O3. The topological polar surface area (TPSA) is 143 Å². The lowest BCUT2D eigenvalue weighted by molar-refractivity contribution is -0.0246. The zero-order valence-corrected chi connectivity index (χ0v) is 11.4. The molecule has 0 aliphatic carbocycles. The van der Waals surface area contributed by atoms with Gasteiger partial charge in [-0.2, -0.15) is 4.98 Å². The average Bonchev–Trinajstić information content (AvgIpc) is 3.01. The maximum atomic E-state index is 11.8. The average molecular weight is 292 g/mol. The summed E-state index contributed by atoms with van der Waals surface area (Å²) in [6, 6.07) is 0. The van der Waals surface area contributed by atoms with Crippen LogP contribution in [0.2, 0.25) is 0 Å². The van der Waals surface area contributed by atoms with Crippen molar-refractivity contribution in [1.82, 2.24) is 19.5 Å². The van der Waals surface area contributed by atoms with E-state index in [2.05, 4.69) is 15.0 Å². The van der Waals surface area contributed by atoms with Gasteiger partial charge in [0, 0.05) is 18.1 Å². The summed E-state index contributed by atoms with van der Waals surface area (Å²) >= 11 is 0. The van der Waals surface area contributed by atoms with E-state index in [1.54, 1.807) is 11.5 Å². The third-order valence-electron chi connectivity index (χ3n) is 3.73. The number of aliphatic hydroxyl groups is 1. The number of hydrogen-bond donors (Lipinski definition) is 4. The molecule has 0 saturated carbocycles. The highest BCUT2D eigenvalue weighted by atomic mass is 16.5.